The van der Waals surface area contributed by atoms with Gasteiger partial charge in [0.2, 0.25) is 0 Å². The largest absolute Gasteiger partial charge is 0.444 e. The molecule has 0 fully saturated rings. The molecule has 2 amide bonds. The molecular formula is C16H23N3O3. The van der Waals surface area contributed by atoms with Crippen molar-refractivity contribution in [2.24, 2.45) is 0 Å². The molecule has 2 N–H and O–H groups in total. The molecule has 0 saturated heterocycles. The highest BCUT2D eigenvalue weighted by Crippen LogP contribution is 2.21. The van der Waals surface area contributed by atoms with Gasteiger partial charge in [-0.2, -0.15) is 0 Å². The molecule has 6 heteroatoms. The van der Waals surface area contributed by atoms with Crippen molar-refractivity contribution in [1.82, 2.24) is 15.2 Å². The third kappa shape index (κ3) is 3.90. The topological polar surface area (TPSA) is 74.4 Å². The number of rotatable bonds is 3. The predicted octanol–water partition coefficient (Wildman–Crippen LogP) is 2.22. The van der Waals surface area contributed by atoms with E-state index in [9.17, 15) is 9.59 Å². The van der Waals surface area contributed by atoms with E-state index in [4.69, 9.17) is 4.74 Å². The highest BCUT2D eigenvalue weighted by Gasteiger charge is 2.27. The van der Waals surface area contributed by atoms with Crippen molar-refractivity contribution in [2.75, 3.05) is 13.1 Å². The van der Waals surface area contributed by atoms with Crippen LogP contribution >= 0.6 is 0 Å². The SMILES string of the molecule is C=CCNC(=O)c1cc2c([nH]1)CN(C(=O)OC(C)(C)C)CC2. The van der Waals surface area contributed by atoms with E-state index < -0.39 is 5.60 Å². The number of ether oxygens (including phenoxy) is 1. The van der Waals surface area contributed by atoms with E-state index >= 15 is 0 Å². The van der Waals surface area contributed by atoms with Gasteiger partial charge in [-0.15, -0.1) is 6.58 Å². The number of hydrogen-bond donors (Lipinski definition) is 2. The van der Waals surface area contributed by atoms with Gasteiger partial charge < -0.3 is 19.9 Å². The van der Waals surface area contributed by atoms with E-state index in [0.29, 0.717) is 31.7 Å². The van der Waals surface area contributed by atoms with Crippen LogP contribution in [0, 0.1) is 0 Å². The Kier molecular flexibility index (Phi) is 4.59. The van der Waals surface area contributed by atoms with Crippen molar-refractivity contribution in [3.8, 4) is 0 Å². The zero-order valence-electron chi connectivity index (χ0n) is 13.4. The van der Waals surface area contributed by atoms with Crippen LogP contribution in [0.3, 0.4) is 0 Å². The van der Waals surface area contributed by atoms with Gasteiger partial charge in [0.05, 0.1) is 6.54 Å². The summed E-state index contributed by atoms with van der Waals surface area (Å²) in [6, 6.07) is 1.85. The summed E-state index contributed by atoms with van der Waals surface area (Å²) in [4.78, 5) is 28.8. The van der Waals surface area contributed by atoms with E-state index in [-0.39, 0.29) is 12.0 Å². The van der Waals surface area contributed by atoms with Crippen LogP contribution in [0.2, 0.25) is 0 Å². The molecule has 0 unspecified atom stereocenters. The second-order valence-electron chi connectivity index (χ2n) is 6.34. The first-order valence-corrected chi connectivity index (χ1v) is 7.38. The van der Waals surface area contributed by atoms with Crippen molar-refractivity contribution in [3.63, 3.8) is 0 Å². The number of H-pyrrole nitrogens is 1. The first-order chi connectivity index (χ1) is 10.3. The van der Waals surface area contributed by atoms with Gasteiger partial charge >= 0.3 is 6.09 Å². The fourth-order valence-electron chi connectivity index (χ4n) is 2.29. The zero-order chi connectivity index (χ0) is 16.3. The lowest BCUT2D eigenvalue weighted by Gasteiger charge is -2.29. The lowest BCUT2D eigenvalue weighted by molar-refractivity contribution is 0.0221. The minimum Gasteiger partial charge on any atom is -0.444 e. The maximum Gasteiger partial charge on any atom is 0.410 e. The average molecular weight is 305 g/mol. The van der Waals surface area contributed by atoms with Crippen molar-refractivity contribution in [1.29, 1.82) is 0 Å². The van der Waals surface area contributed by atoms with Crippen LogP contribution in [0.15, 0.2) is 18.7 Å². The standard InChI is InChI=1S/C16H23N3O3/c1-5-7-17-14(20)12-9-11-6-8-19(10-13(11)18-12)15(21)22-16(2,3)4/h5,9,18H,1,6-8,10H2,2-4H3,(H,17,20). The van der Waals surface area contributed by atoms with Crippen molar-refractivity contribution < 1.29 is 14.3 Å². The number of aromatic amines is 1. The molecule has 1 aromatic heterocycles. The van der Waals surface area contributed by atoms with Crippen LogP contribution in [-0.2, 0) is 17.7 Å². The van der Waals surface area contributed by atoms with Gasteiger partial charge in [-0.3, -0.25) is 4.79 Å². The third-order valence-electron chi connectivity index (χ3n) is 3.30. The number of amides is 2. The van der Waals surface area contributed by atoms with Gasteiger partial charge in [0.25, 0.3) is 5.91 Å². The maximum atomic E-state index is 12.1. The molecule has 0 aliphatic carbocycles. The van der Waals surface area contributed by atoms with Gasteiger partial charge in [0.1, 0.15) is 11.3 Å². The van der Waals surface area contributed by atoms with Gasteiger partial charge in [-0.05, 0) is 38.8 Å². The second kappa shape index (κ2) is 6.25. The molecule has 120 valence electrons. The number of nitrogens with one attached hydrogen (secondary N) is 2. The molecule has 6 nitrogen and oxygen atoms in total. The summed E-state index contributed by atoms with van der Waals surface area (Å²) in [5.41, 5.74) is 1.96. The van der Waals surface area contributed by atoms with Gasteiger partial charge in [0, 0.05) is 18.8 Å². The Labute approximate surface area is 130 Å². The minimum absolute atomic E-state index is 0.168. The third-order valence-corrected chi connectivity index (χ3v) is 3.30. The number of carbonyl (C=O) groups is 2. The molecule has 2 heterocycles. The molecule has 22 heavy (non-hydrogen) atoms. The van der Waals surface area contributed by atoms with Crippen LogP contribution < -0.4 is 5.32 Å². The summed E-state index contributed by atoms with van der Waals surface area (Å²) in [7, 11) is 0. The Morgan fingerprint density at radius 2 is 2.23 bits per heavy atom. The van der Waals surface area contributed by atoms with Crippen LogP contribution in [0.1, 0.15) is 42.5 Å². The Bertz CT molecular complexity index is 584. The summed E-state index contributed by atoms with van der Waals surface area (Å²) >= 11 is 0. The summed E-state index contributed by atoms with van der Waals surface area (Å²) in [6.45, 7) is 10.5. The average Bonchev–Trinajstić information content (AvgIpc) is 2.85. The Morgan fingerprint density at radius 3 is 2.86 bits per heavy atom. The van der Waals surface area contributed by atoms with E-state index in [1.807, 2.05) is 26.8 Å². The van der Waals surface area contributed by atoms with E-state index in [1.54, 1.807) is 11.0 Å². The van der Waals surface area contributed by atoms with Crippen molar-refractivity contribution >= 4 is 12.0 Å². The van der Waals surface area contributed by atoms with Crippen LogP contribution in [0.25, 0.3) is 0 Å². The summed E-state index contributed by atoms with van der Waals surface area (Å²) in [5, 5.41) is 2.73. The number of aromatic nitrogens is 1. The molecule has 0 radical (unpaired) electrons. The Morgan fingerprint density at radius 1 is 1.50 bits per heavy atom. The quantitative estimate of drug-likeness (QED) is 0.841. The predicted molar refractivity (Wildman–Crippen MR) is 83.7 cm³/mol. The molecule has 2 rings (SSSR count). The first-order valence-electron chi connectivity index (χ1n) is 7.38. The molecule has 0 saturated carbocycles. The normalized spacial score (nSPS) is 14.2. The number of nitrogens with zero attached hydrogens (tertiary/aromatic N) is 1. The van der Waals surface area contributed by atoms with Crippen LogP contribution in [0.4, 0.5) is 4.79 Å². The van der Waals surface area contributed by atoms with E-state index in [0.717, 1.165) is 11.3 Å². The van der Waals surface area contributed by atoms with E-state index in [2.05, 4.69) is 16.9 Å². The number of carbonyl (C=O) groups excluding carboxylic acids is 2. The van der Waals surface area contributed by atoms with Gasteiger partial charge in [-0.25, -0.2) is 4.79 Å². The minimum atomic E-state index is -0.511. The fraction of sp³-hybridized carbons (Fsp3) is 0.500. The Balaban J connectivity index is 2.04. The summed E-state index contributed by atoms with van der Waals surface area (Å²) < 4.78 is 5.38. The first kappa shape index (κ1) is 16.1. The highest BCUT2D eigenvalue weighted by molar-refractivity contribution is 5.93. The fourth-order valence-corrected chi connectivity index (χ4v) is 2.29. The van der Waals surface area contributed by atoms with Crippen molar-refractivity contribution in [2.45, 2.75) is 39.3 Å². The molecule has 0 aromatic carbocycles. The zero-order valence-corrected chi connectivity index (χ0v) is 13.4. The summed E-state index contributed by atoms with van der Waals surface area (Å²) in [5.74, 6) is -0.168. The Hall–Kier alpha value is -2.24. The summed E-state index contributed by atoms with van der Waals surface area (Å²) in [6.07, 6.45) is 2.01. The van der Waals surface area contributed by atoms with Gasteiger partial charge in [0.15, 0.2) is 0 Å². The number of hydrogen-bond acceptors (Lipinski definition) is 3. The highest BCUT2D eigenvalue weighted by atomic mass is 16.6. The lowest BCUT2D eigenvalue weighted by Crippen LogP contribution is -2.39. The van der Waals surface area contributed by atoms with Gasteiger partial charge in [-0.1, -0.05) is 6.08 Å². The lowest BCUT2D eigenvalue weighted by atomic mass is 10.1. The molecule has 0 bridgehead atoms. The monoisotopic (exact) mass is 305 g/mol. The molecular weight excluding hydrogens is 282 g/mol. The van der Waals surface area contributed by atoms with Crippen LogP contribution in [0.5, 0.6) is 0 Å². The molecule has 1 aliphatic heterocycles. The molecule has 0 atom stereocenters. The molecule has 1 aromatic rings. The smallest absolute Gasteiger partial charge is 0.410 e. The van der Waals surface area contributed by atoms with Crippen molar-refractivity contribution in [3.05, 3.63) is 35.7 Å². The van der Waals surface area contributed by atoms with E-state index in [1.165, 1.54) is 0 Å². The molecule has 1 aliphatic rings. The molecule has 0 spiro atoms. The maximum absolute atomic E-state index is 12.1. The number of fused-ring (bicyclic) bond motifs is 1. The second-order valence-corrected chi connectivity index (χ2v) is 6.34. The van der Waals surface area contributed by atoms with Crippen LogP contribution in [-0.4, -0.2) is 40.6 Å².